The first-order chi connectivity index (χ1) is 5.38. The van der Waals surface area contributed by atoms with E-state index in [2.05, 4.69) is 9.89 Å². The molecule has 0 aromatic carbocycles. The van der Waals surface area contributed by atoms with Crippen LogP contribution >= 0.6 is 0 Å². The molecule has 0 unspecified atom stereocenters. The van der Waals surface area contributed by atoms with Crippen molar-refractivity contribution in [3.8, 4) is 6.19 Å². The van der Waals surface area contributed by atoms with Crippen LogP contribution < -0.4 is 0 Å². The van der Waals surface area contributed by atoms with E-state index in [1.54, 1.807) is 0 Å². The molecule has 1 saturated heterocycles. The molecular formula is C8H13N3. The van der Waals surface area contributed by atoms with Crippen LogP contribution in [0.5, 0.6) is 0 Å². The van der Waals surface area contributed by atoms with Crippen molar-refractivity contribution in [2.45, 2.75) is 26.2 Å². The summed E-state index contributed by atoms with van der Waals surface area (Å²) in [5.74, 6) is 0.949. The van der Waals surface area contributed by atoms with Gasteiger partial charge in [0.25, 0.3) is 0 Å². The van der Waals surface area contributed by atoms with Gasteiger partial charge in [-0.1, -0.05) is 6.92 Å². The number of hydrogen-bond acceptors (Lipinski definition) is 2. The Balaban J connectivity index is 2.55. The van der Waals surface area contributed by atoms with Crippen LogP contribution in [0.4, 0.5) is 0 Å². The molecule has 1 heterocycles. The fourth-order valence-electron chi connectivity index (χ4n) is 1.41. The summed E-state index contributed by atoms with van der Waals surface area (Å²) < 4.78 is 0. The molecule has 3 heteroatoms. The van der Waals surface area contributed by atoms with Gasteiger partial charge in [-0.25, -0.2) is 0 Å². The van der Waals surface area contributed by atoms with Gasteiger partial charge >= 0.3 is 0 Å². The van der Waals surface area contributed by atoms with Crippen molar-refractivity contribution in [2.75, 3.05) is 13.1 Å². The lowest BCUT2D eigenvalue weighted by Gasteiger charge is -2.16. The van der Waals surface area contributed by atoms with Crippen molar-refractivity contribution in [2.24, 2.45) is 4.99 Å². The summed E-state index contributed by atoms with van der Waals surface area (Å²) in [6.07, 6.45) is 5.19. The number of rotatable bonds is 1. The van der Waals surface area contributed by atoms with Crippen LogP contribution in [0.25, 0.3) is 0 Å². The van der Waals surface area contributed by atoms with E-state index in [0.717, 1.165) is 25.3 Å². The van der Waals surface area contributed by atoms with Gasteiger partial charge in [-0.05, 0) is 12.8 Å². The Morgan fingerprint density at radius 3 is 2.64 bits per heavy atom. The van der Waals surface area contributed by atoms with Crippen molar-refractivity contribution in [3.05, 3.63) is 0 Å². The first kappa shape index (κ1) is 8.06. The Morgan fingerprint density at radius 2 is 2.18 bits per heavy atom. The van der Waals surface area contributed by atoms with Crippen LogP contribution in [0, 0.1) is 11.5 Å². The fourth-order valence-corrected chi connectivity index (χ4v) is 1.41. The third-order valence-corrected chi connectivity index (χ3v) is 1.97. The second-order valence-electron chi connectivity index (χ2n) is 2.68. The van der Waals surface area contributed by atoms with E-state index >= 15 is 0 Å². The minimum Gasteiger partial charge on any atom is -0.359 e. The predicted molar refractivity (Wildman–Crippen MR) is 44.1 cm³/mol. The summed E-state index contributed by atoms with van der Waals surface area (Å²) in [6.45, 7) is 4.19. The standard InChI is InChI=1S/C8H13N3/c1-2-8(10-7-9)11-5-3-4-6-11/h2-6H2,1H3. The van der Waals surface area contributed by atoms with Gasteiger partial charge in [-0.3, -0.25) is 0 Å². The molecule has 0 aromatic rings. The molecular weight excluding hydrogens is 138 g/mol. The summed E-state index contributed by atoms with van der Waals surface area (Å²) in [7, 11) is 0. The molecule has 0 bridgehead atoms. The zero-order chi connectivity index (χ0) is 8.10. The molecule has 0 radical (unpaired) electrons. The molecule has 1 aliphatic heterocycles. The maximum Gasteiger partial charge on any atom is 0.207 e. The molecule has 11 heavy (non-hydrogen) atoms. The van der Waals surface area contributed by atoms with Gasteiger partial charge in [0.15, 0.2) is 0 Å². The Hall–Kier alpha value is -1.04. The molecule has 3 nitrogen and oxygen atoms in total. The molecule has 0 aliphatic carbocycles. The number of amidine groups is 1. The summed E-state index contributed by atoms with van der Waals surface area (Å²) in [5.41, 5.74) is 0. The lowest BCUT2D eigenvalue weighted by molar-refractivity contribution is 0.509. The summed E-state index contributed by atoms with van der Waals surface area (Å²) in [5, 5.41) is 8.36. The highest BCUT2D eigenvalue weighted by molar-refractivity contribution is 5.83. The molecule has 0 saturated carbocycles. The minimum absolute atomic E-state index is 0.869. The molecule has 0 spiro atoms. The number of hydrogen-bond donors (Lipinski definition) is 0. The van der Waals surface area contributed by atoms with Crippen LogP contribution in [-0.2, 0) is 0 Å². The highest BCUT2D eigenvalue weighted by atomic mass is 15.2. The third-order valence-electron chi connectivity index (χ3n) is 1.97. The molecule has 1 fully saturated rings. The lowest BCUT2D eigenvalue weighted by Crippen LogP contribution is -2.26. The smallest absolute Gasteiger partial charge is 0.207 e. The van der Waals surface area contributed by atoms with Crippen LogP contribution in [0.2, 0.25) is 0 Å². The van der Waals surface area contributed by atoms with Gasteiger partial charge in [0.2, 0.25) is 6.19 Å². The van der Waals surface area contributed by atoms with Crippen molar-refractivity contribution < 1.29 is 0 Å². The molecule has 60 valence electrons. The van der Waals surface area contributed by atoms with E-state index in [0.29, 0.717) is 0 Å². The topological polar surface area (TPSA) is 39.4 Å². The molecule has 0 aromatic heterocycles. The number of aliphatic imine (C=N–C) groups is 1. The average Bonchev–Trinajstić information content (AvgIpc) is 2.52. The van der Waals surface area contributed by atoms with Gasteiger partial charge in [0.1, 0.15) is 5.84 Å². The third kappa shape index (κ3) is 1.94. The Kier molecular flexibility index (Phi) is 2.91. The molecule has 0 amide bonds. The highest BCUT2D eigenvalue weighted by Gasteiger charge is 2.13. The largest absolute Gasteiger partial charge is 0.359 e. The van der Waals surface area contributed by atoms with Crippen LogP contribution in [0.15, 0.2) is 4.99 Å². The Labute approximate surface area is 67.3 Å². The zero-order valence-electron chi connectivity index (χ0n) is 6.88. The quantitative estimate of drug-likeness (QED) is 0.322. The monoisotopic (exact) mass is 151 g/mol. The minimum atomic E-state index is 0.869. The second kappa shape index (κ2) is 3.97. The second-order valence-corrected chi connectivity index (χ2v) is 2.68. The van der Waals surface area contributed by atoms with Crippen molar-refractivity contribution >= 4 is 5.84 Å². The lowest BCUT2D eigenvalue weighted by atomic mass is 10.4. The van der Waals surface area contributed by atoms with Gasteiger partial charge in [0, 0.05) is 19.5 Å². The Morgan fingerprint density at radius 1 is 1.55 bits per heavy atom. The predicted octanol–water partition coefficient (Wildman–Crippen LogP) is 1.37. The first-order valence-electron chi connectivity index (χ1n) is 4.09. The van der Waals surface area contributed by atoms with E-state index in [-0.39, 0.29) is 0 Å². The Bertz CT molecular complexity index is 184. The van der Waals surface area contributed by atoms with E-state index in [1.807, 2.05) is 13.1 Å². The average molecular weight is 151 g/mol. The van der Waals surface area contributed by atoms with Gasteiger partial charge in [-0.2, -0.15) is 10.3 Å². The van der Waals surface area contributed by atoms with E-state index in [4.69, 9.17) is 5.26 Å². The van der Waals surface area contributed by atoms with Crippen molar-refractivity contribution in [1.29, 1.82) is 5.26 Å². The molecule has 1 rings (SSSR count). The highest BCUT2D eigenvalue weighted by Crippen LogP contribution is 2.09. The maximum atomic E-state index is 8.36. The SMILES string of the molecule is CCC(=NC#N)N1CCCC1. The van der Waals surface area contributed by atoms with Crippen molar-refractivity contribution in [3.63, 3.8) is 0 Å². The van der Waals surface area contributed by atoms with Crippen LogP contribution in [0.1, 0.15) is 26.2 Å². The zero-order valence-corrected chi connectivity index (χ0v) is 6.88. The summed E-state index contributed by atoms with van der Waals surface area (Å²) in [4.78, 5) is 5.97. The first-order valence-corrected chi connectivity index (χ1v) is 4.09. The summed E-state index contributed by atoms with van der Waals surface area (Å²) in [6, 6.07) is 0. The maximum absolute atomic E-state index is 8.36. The number of nitriles is 1. The van der Waals surface area contributed by atoms with Gasteiger partial charge in [0.05, 0.1) is 0 Å². The van der Waals surface area contributed by atoms with Gasteiger partial charge < -0.3 is 4.90 Å². The van der Waals surface area contributed by atoms with Crippen molar-refractivity contribution in [1.82, 2.24) is 4.90 Å². The molecule has 0 N–H and O–H groups in total. The summed E-state index contributed by atoms with van der Waals surface area (Å²) >= 11 is 0. The van der Waals surface area contributed by atoms with E-state index in [9.17, 15) is 0 Å². The van der Waals surface area contributed by atoms with E-state index in [1.165, 1.54) is 12.8 Å². The van der Waals surface area contributed by atoms with E-state index < -0.39 is 0 Å². The fraction of sp³-hybridized carbons (Fsp3) is 0.750. The number of nitrogens with zero attached hydrogens (tertiary/aromatic N) is 3. The van der Waals surface area contributed by atoms with Gasteiger partial charge in [-0.15, -0.1) is 0 Å². The molecule has 1 aliphatic rings. The van der Waals surface area contributed by atoms with Crippen LogP contribution in [-0.4, -0.2) is 23.8 Å². The van der Waals surface area contributed by atoms with Crippen LogP contribution in [0.3, 0.4) is 0 Å². The normalized spacial score (nSPS) is 18.5. The molecule has 0 atom stereocenters. The number of likely N-dealkylation sites (tertiary alicyclic amines) is 1.